The van der Waals surface area contributed by atoms with E-state index in [2.05, 4.69) is 97.5 Å². The fraction of sp³-hybridized carbons (Fsp3) is 0. The highest BCUT2D eigenvalue weighted by Gasteiger charge is 2.19. The molecule has 7 rings (SSSR count). The lowest BCUT2D eigenvalue weighted by Gasteiger charge is -2.11. The van der Waals surface area contributed by atoms with E-state index < -0.39 is 0 Å². The predicted octanol–water partition coefficient (Wildman–Crippen LogP) is 6.49. The molecule has 170 valence electrons. The minimum atomic E-state index is 0.649. The van der Waals surface area contributed by atoms with Crippen LogP contribution in [0.1, 0.15) is 0 Å². The molecule has 0 aliphatic heterocycles. The van der Waals surface area contributed by atoms with E-state index in [1.807, 2.05) is 41.0 Å². The summed E-state index contributed by atoms with van der Waals surface area (Å²) in [6.07, 6.45) is 3.53. The molecule has 7 aromatic rings. The fourth-order valence-electron chi connectivity index (χ4n) is 4.80. The lowest BCUT2D eigenvalue weighted by Crippen LogP contribution is -2.03. The monoisotopic (exact) mass is 464 g/mol. The Kier molecular flexibility index (Phi) is 4.67. The van der Waals surface area contributed by atoms with Gasteiger partial charge in [-0.1, -0.05) is 48.5 Å². The molecule has 3 aromatic carbocycles. The third-order valence-electron chi connectivity index (χ3n) is 6.40. The second-order valence-corrected chi connectivity index (χ2v) is 8.50. The Labute approximate surface area is 207 Å². The lowest BCUT2D eigenvalue weighted by atomic mass is 10.2. The number of rotatable bonds is 4. The summed E-state index contributed by atoms with van der Waals surface area (Å²) in [7, 11) is 0. The highest BCUT2D eigenvalue weighted by Crippen LogP contribution is 2.33. The predicted molar refractivity (Wildman–Crippen MR) is 142 cm³/mol. The largest absolute Gasteiger partial charge is 0.309 e. The fourth-order valence-corrected chi connectivity index (χ4v) is 4.80. The molecule has 4 heterocycles. The molecule has 0 aliphatic carbocycles. The summed E-state index contributed by atoms with van der Waals surface area (Å²) in [4.78, 5) is 9.06. The number of pyridine rings is 2. The van der Waals surface area contributed by atoms with Gasteiger partial charge in [-0.15, -0.1) is 10.2 Å². The van der Waals surface area contributed by atoms with Crippen LogP contribution in [0.5, 0.6) is 0 Å². The van der Waals surface area contributed by atoms with Crippen LogP contribution in [0.15, 0.2) is 122 Å². The molecule has 0 aliphatic rings. The van der Waals surface area contributed by atoms with Crippen LogP contribution in [0.25, 0.3) is 56.2 Å². The van der Waals surface area contributed by atoms with E-state index in [-0.39, 0.29) is 0 Å². The molecule has 0 amide bonds. The number of nitrogens with zero attached hydrogens (tertiary/aromatic N) is 6. The minimum Gasteiger partial charge on any atom is -0.309 e. The molecule has 0 bridgehead atoms. The first kappa shape index (κ1) is 20.3. The van der Waals surface area contributed by atoms with E-state index in [0.29, 0.717) is 11.6 Å². The van der Waals surface area contributed by atoms with Crippen molar-refractivity contribution >= 4 is 21.8 Å². The molecule has 6 nitrogen and oxygen atoms in total. The quantitative estimate of drug-likeness (QED) is 0.299. The standard InChI is InChI=1S/C30H20N6/c1-3-12-26-23(9-1)24-10-2-4-13-27(24)35(26)22-17-15-21(16-18-22)29-33-34-30(25-11-5-7-19-31-25)36(29)28-14-6-8-20-32-28/h1-20H. The molecule has 0 unspecified atom stereocenters. The first-order valence-corrected chi connectivity index (χ1v) is 11.8. The van der Waals surface area contributed by atoms with E-state index in [1.54, 1.807) is 12.4 Å². The maximum absolute atomic E-state index is 4.57. The van der Waals surface area contributed by atoms with Gasteiger partial charge in [-0.05, 0) is 60.7 Å². The van der Waals surface area contributed by atoms with Crippen LogP contribution in [-0.2, 0) is 0 Å². The van der Waals surface area contributed by atoms with Gasteiger partial charge in [0, 0.05) is 34.4 Å². The lowest BCUT2D eigenvalue weighted by molar-refractivity contribution is 0.998. The Morgan fingerprint density at radius 1 is 0.472 bits per heavy atom. The Balaban J connectivity index is 1.39. The van der Waals surface area contributed by atoms with Gasteiger partial charge in [0.05, 0.1) is 11.0 Å². The Hall–Kier alpha value is -5.10. The van der Waals surface area contributed by atoms with Gasteiger partial charge in [0.25, 0.3) is 0 Å². The Morgan fingerprint density at radius 3 is 1.72 bits per heavy atom. The number of fused-ring (bicyclic) bond motifs is 3. The van der Waals surface area contributed by atoms with Gasteiger partial charge in [-0.3, -0.25) is 9.55 Å². The number of hydrogen-bond donors (Lipinski definition) is 0. The highest BCUT2D eigenvalue weighted by atomic mass is 15.3. The van der Waals surface area contributed by atoms with Crippen molar-refractivity contribution in [2.45, 2.75) is 0 Å². The van der Waals surface area contributed by atoms with Crippen molar-refractivity contribution in [3.8, 4) is 34.4 Å². The first-order valence-electron chi connectivity index (χ1n) is 11.8. The van der Waals surface area contributed by atoms with Crippen molar-refractivity contribution in [2.24, 2.45) is 0 Å². The average Bonchev–Trinajstić information content (AvgIpc) is 3.54. The summed E-state index contributed by atoms with van der Waals surface area (Å²) in [6.45, 7) is 0. The van der Waals surface area contributed by atoms with E-state index >= 15 is 0 Å². The third kappa shape index (κ3) is 3.20. The number of hydrogen-bond acceptors (Lipinski definition) is 4. The first-order chi connectivity index (χ1) is 17.9. The zero-order chi connectivity index (χ0) is 23.9. The van der Waals surface area contributed by atoms with Crippen molar-refractivity contribution in [3.63, 3.8) is 0 Å². The van der Waals surface area contributed by atoms with Gasteiger partial charge in [0.2, 0.25) is 0 Å². The number of benzene rings is 3. The molecule has 4 aromatic heterocycles. The molecule has 0 spiro atoms. The van der Waals surface area contributed by atoms with Crippen LogP contribution in [0.2, 0.25) is 0 Å². The van der Waals surface area contributed by atoms with E-state index in [9.17, 15) is 0 Å². The van der Waals surface area contributed by atoms with Crippen molar-refractivity contribution in [3.05, 3.63) is 122 Å². The molecule has 0 radical (unpaired) electrons. The maximum Gasteiger partial charge on any atom is 0.188 e. The van der Waals surface area contributed by atoms with Gasteiger partial charge in [0.1, 0.15) is 11.5 Å². The molecule has 0 fully saturated rings. The van der Waals surface area contributed by atoms with Crippen LogP contribution in [-0.4, -0.2) is 29.3 Å². The molecular formula is C30H20N6. The smallest absolute Gasteiger partial charge is 0.188 e. The van der Waals surface area contributed by atoms with E-state index in [0.717, 1.165) is 22.8 Å². The Morgan fingerprint density at radius 2 is 1.08 bits per heavy atom. The molecule has 0 saturated carbocycles. The molecule has 0 atom stereocenters. The van der Waals surface area contributed by atoms with Crippen molar-refractivity contribution in [1.29, 1.82) is 0 Å². The highest BCUT2D eigenvalue weighted by molar-refractivity contribution is 6.09. The zero-order valence-electron chi connectivity index (χ0n) is 19.2. The van der Waals surface area contributed by atoms with Gasteiger partial charge in [-0.2, -0.15) is 0 Å². The molecular weight excluding hydrogens is 444 g/mol. The maximum atomic E-state index is 4.57. The third-order valence-corrected chi connectivity index (χ3v) is 6.40. The summed E-state index contributed by atoms with van der Waals surface area (Å²) in [5, 5.41) is 11.5. The van der Waals surface area contributed by atoms with Gasteiger partial charge in [0.15, 0.2) is 11.6 Å². The van der Waals surface area contributed by atoms with Crippen LogP contribution in [0.4, 0.5) is 0 Å². The molecule has 36 heavy (non-hydrogen) atoms. The Bertz CT molecular complexity index is 1760. The van der Waals surface area contributed by atoms with Crippen LogP contribution in [0.3, 0.4) is 0 Å². The SMILES string of the molecule is c1ccc(-c2nnc(-c3ccc(-n4c5ccccc5c5ccccc54)cc3)n2-c2ccccn2)nc1. The average molecular weight is 465 g/mol. The second kappa shape index (κ2) is 8.29. The molecule has 6 heteroatoms. The van der Waals surface area contributed by atoms with Crippen LogP contribution >= 0.6 is 0 Å². The van der Waals surface area contributed by atoms with Crippen LogP contribution < -0.4 is 0 Å². The summed E-state index contributed by atoms with van der Waals surface area (Å²) in [5.74, 6) is 2.10. The summed E-state index contributed by atoms with van der Waals surface area (Å²) < 4.78 is 4.26. The van der Waals surface area contributed by atoms with Gasteiger partial charge in [-0.25, -0.2) is 4.98 Å². The number of para-hydroxylation sites is 2. The van der Waals surface area contributed by atoms with Crippen molar-refractivity contribution in [2.75, 3.05) is 0 Å². The molecule has 0 N–H and O–H groups in total. The van der Waals surface area contributed by atoms with Crippen LogP contribution in [0, 0.1) is 0 Å². The van der Waals surface area contributed by atoms with Gasteiger partial charge >= 0.3 is 0 Å². The number of aromatic nitrogens is 6. The summed E-state index contributed by atoms with van der Waals surface area (Å²) in [5.41, 5.74) is 5.13. The minimum absolute atomic E-state index is 0.649. The summed E-state index contributed by atoms with van der Waals surface area (Å²) in [6, 6.07) is 37.0. The van der Waals surface area contributed by atoms with Crippen molar-refractivity contribution < 1.29 is 0 Å². The van der Waals surface area contributed by atoms with Crippen molar-refractivity contribution in [1.82, 2.24) is 29.3 Å². The normalized spacial score (nSPS) is 11.3. The van der Waals surface area contributed by atoms with E-state index in [4.69, 9.17) is 0 Å². The second-order valence-electron chi connectivity index (χ2n) is 8.50. The topological polar surface area (TPSA) is 61.4 Å². The zero-order valence-corrected chi connectivity index (χ0v) is 19.2. The molecule has 0 saturated heterocycles. The van der Waals surface area contributed by atoms with Gasteiger partial charge < -0.3 is 4.57 Å². The summed E-state index contributed by atoms with van der Waals surface area (Å²) >= 11 is 0. The van der Waals surface area contributed by atoms with E-state index in [1.165, 1.54) is 21.8 Å².